The van der Waals surface area contributed by atoms with Crippen LogP contribution in [0, 0.1) is 0 Å². The lowest BCUT2D eigenvalue weighted by atomic mass is 10.0. The number of para-hydroxylation sites is 1. The Hall–Kier alpha value is -4.07. The third-order valence-electron chi connectivity index (χ3n) is 5.44. The lowest BCUT2D eigenvalue weighted by Crippen LogP contribution is -2.39. The van der Waals surface area contributed by atoms with Crippen LogP contribution in [0.2, 0.25) is 0 Å². The Kier molecular flexibility index (Phi) is 7.43. The van der Waals surface area contributed by atoms with Gasteiger partial charge in [0.2, 0.25) is 0 Å². The van der Waals surface area contributed by atoms with E-state index in [0.717, 1.165) is 22.7 Å². The summed E-state index contributed by atoms with van der Waals surface area (Å²) in [6.45, 7) is 8.49. The fourth-order valence-corrected chi connectivity index (χ4v) is 3.79. The molecule has 0 bridgehead atoms. The number of ether oxygens (including phenoxy) is 3. The van der Waals surface area contributed by atoms with Gasteiger partial charge in [-0.05, 0) is 82.2 Å². The highest BCUT2D eigenvalue weighted by Gasteiger charge is 2.26. The van der Waals surface area contributed by atoms with Crippen LogP contribution in [0.15, 0.2) is 66.7 Å². The fourth-order valence-electron chi connectivity index (χ4n) is 3.79. The van der Waals surface area contributed by atoms with Crippen LogP contribution in [0.4, 0.5) is 4.79 Å². The quantitative estimate of drug-likeness (QED) is 0.403. The minimum absolute atomic E-state index is 0.229. The third kappa shape index (κ3) is 6.13. The van der Waals surface area contributed by atoms with Gasteiger partial charge in [0, 0.05) is 13.1 Å². The summed E-state index contributed by atoms with van der Waals surface area (Å²) in [5.74, 6) is 0.957. The predicted octanol–water partition coefficient (Wildman–Crippen LogP) is 5.87. The molecule has 0 saturated carbocycles. The number of carbonyl (C=O) groups excluding carboxylic acids is 2. The first-order chi connectivity index (χ1) is 17.2. The molecule has 2 aromatic carbocycles. The van der Waals surface area contributed by atoms with E-state index in [1.807, 2.05) is 81.4 Å². The van der Waals surface area contributed by atoms with Gasteiger partial charge in [0.1, 0.15) is 17.1 Å². The van der Waals surface area contributed by atoms with Crippen LogP contribution >= 0.6 is 0 Å². The highest BCUT2D eigenvalue weighted by atomic mass is 16.6. The Bertz CT molecular complexity index is 1240. The molecule has 36 heavy (non-hydrogen) atoms. The number of carbonyl (C=O) groups is 2. The maximum atomic E-state index is 12.5. The van der Waals surface area contributed by atoms with Crippen molar-refractivity contribution in [3.8, 4) is 17.2 Å². The van der Waals surface area contributed by atoms with Crippen molar-refractivity contribution in [2.45, 2.75) is 39.7 Å². The maximum absolute atomic E-state index is 12.5. The van der Waals surface area contributed by atoms with Gasteiger partial charge in [-0.2, -0.15) is 5.10 Å². The van der Waals surface area contributed by atoms with Crippen LogP contribution in [0.25, 0.3) is 11.3 Å². The Morgan fingerprint density at radius 1 is 1.00 bits per heavy atom. The molecule has 2 heterocycles. The van der Waals surface area contributed by atoms with Crippen molar-refractivity contribution in [2.75, 3.05) is 19.7 Å². The zero-order chi connectivity index (χ0) is 25.7. The summed E-state index contributed by atoms with van der Waals surface area (Å²) in [6.07, 6.45) is 2.23. The molecule has 1 amide bonds. The van der Waals surface area contributed by atoms with Crippen molar-refractivity contribution in [3.63, 3.8) is 0 Å². The van der Waals surface area contributed by atoms with Crippen molar-refractivity contribution in [1.82, 2.24) is 14.7 Å². The van der Waals surface area contributed by atoms with Gasteiger partial charge >= 0.3 is 12.1 Å². The highest BCUT2D eigenvalue weighted by Crippen LogP contribution is 2.28. The van der Waals surface area contributed by atoms with Crippen LogP contribution in [0.1, 0.15) is 50.3 Å². The van der Waals surface area contributed by atoms with Crippen LogP contribution in [0.5, 0.6) is 11.5 Å². The standard InChI is InChI=1S/C28H31N3O5/c1-5-34-26(32)24-19-25(20-15-17-30(18-16-20)27(33)36-28(2,3)4)31(29-24)21-11-13-23(14-12-21)35-22-9-7-6-8-10-22/h6-15,19H,5,16-18H2,1-4H3. The second-order valence-corrected chi connectivity index (χ2v) is 9.36. The first-order valence-corrected chi connectivity index (χ1v) is 12.0. The second-order valence-electron chi connectivity index (χ2n) is 9.36. The average Bonchev–Trinajstić information content (AvgIpc) is 3.30. The summed E-state index contributed by atoms with van der Waals surface area (Å²) >= 11 is 0. The van der Waals surface area contributed by atoms with E-state index < -0.39 is 11.6 Å². The molecule has 188 valence electrons. The smallest absolute Gasteiger partial charge is 0.410 e. The van der Waals surface area contributed by atoms with Crippen molar-refractivity contribution < 1.29 is 23.8 Å². The van der Waals surface area contributed by atoms with Gasteiger partial charge in [-0.15, -0.1) is 0 Å². The zero-order valence-corrected chi connectivity index (χ0v) is 21.1. The first-order valence-electron chi connectivity index (χ1n) is 12.0. The monoisotopic (exact) mass is 489 g/mol. The van der Waals surface area contributed by atoms with Gasteiger partial charge in [0.05, 0.1) is 18.0 Å². The van der Waals surface area contributed by atoms with Gasteiger partial charge in [-0.1, -0.05) is 24.3 Å². The molecule has 0 radical (unpaired) electrons. The topological polar surface area (TPSA) is 82.9 Å². The molecule has 1 aromatic heterocycles. The molecule has 8 nitrogen and oxygen atoms in total. The zero-order valence-electron chi connectivity index (χ0n) is 21.1. The van der Waals surface area contributed by atoms with E-state index >= 15 is 0 Å². The van der Waals surface area contributed by atoms with Crippen LogP contribution in [0.3, 0.4) is 0 Å². The van der Waals surface area contributed by atoms with E-state index in [1.54, 1.807) is 22.6 Å². The summed E-state index contributed by atoms with van der Waals surface area (Å²) in [5.41, 5.74) is 2.22. The summed E-state index contributed by atoms with van der Waals surface area (Å²) < 4.78 is 18.3. The number of nitrogens with zero attached hydrogens (tertiary/aromatic N) is 3. The van der Waals surface area contributed by atoms with E-state index in [0.29, 0.717) is 25.3 Å². The first kappa shape index (κ1) is 25.0. The summed E-state index contributed by atoms with van der Waals surface area (Å²) in [4.78, 5) is 26.6. The third-order valence-corrected chi connectivity index (χ3v) is 5.44. The molecule has 3 aromatic rings. The molecule has 0 N–H and O–H groups in total. The van der Waals surface area contributed by atoms with E-state index in [4.69, 9.17) is 14.2 Å². The minimum Gasteiger partial charge on any atom is -0.461 e. The fraction of sp³-hybridized carbons (Fsp3) is 0.321. The normalized spacial score (nSPS) is 13.7. The van der Waals surface area contributed by atoms with Crippen molar-refractivity contribution in [2.24, 2.45) is 0 Å². The average molecular weight is 490 g/mol. The Balaban J connectivity index is 1.59. The van der Waals surface area contributed by atoms with Gasteiger partial charge in [0.15, 0.2) is 5.69 Å². The van der Waals surface area contributed by atoms with Gasteiger partial charge < -0.3 is 19.1 Å². The molecule has 0 unspecified atom stereocenters. The summed E-state index contributed by atoms with van der Waals surface area (Å²) in [6, 6.07) is 18.8. The number of hydrogen-bond donors (Lipinski definition) is 0. The van der Waals surface area contributed by atoms with Gasteiger partial charge in [-0.25, -0.2) is 14.3 Å². The van der Waals surface area contributed by atoms with E-state index in [9.17, 15) is 9.59 Å². The highest BCUT2D eigenvalue weighted by molar-refractivity contribution is 5.88. The number of hydrogen-bond acceptors (Lipinski definition) is 6. The van der Waals surface area contributed by atoms with Crippen LogP contribution in [-0.2, 0) is 9.47 Å². The Morgan fingerprint density at radius 3 is 2.31 bits per heavy atom. The number of amides is 1. The van der Waals surface area contributed by atoms with Crippen LogP contribution in [-0.4, -0.2) is 52.0 Å². The predicted molar refractivity (Wildman–Crippen MR) is 136 cm³/mol. The van der Waals surface area contributed by atoms with Crippen molar-refractivity contribution in [1.29, 1.82) is 0 Å². The molecular weight excluding hydrogens is 458 g/mol. The Labute approximate surface area is 211 Å². The lowest BCUT2D eigenvalue weighted by molar-refractivity contribution is 0.0270. The summed E-state index contributed by atoms with van der Waals surface area (Å²) in [7, 11) is 0. The SMILES string of the molecule is CCOC(=O)c1cc(C2=CCN(C(=O)OC(C)(C)C)CC2)n(-c2ccc(Oc3ccccc3)cc2)n1. The van der Waals surface area contributed by atoms with Crippen LogP contribution < -0.4 is 4.74 Å². The molecule has 0 saturated heterocycles. The number of rotatable bonds is 6. The van der Waals surface area contributed by atoms with Crippen molar-refractivity contribution >= 4 is 17.6 Å². The van der Waals surface area contributed by atoms with Gasteiger partial charge in [0.25, 0.3) is 0 Å². The number of benzene rings is 2. The van der Waals surface area contributed by atoms with Gasteiger partial charge in [-0.3, -0.25) is 0 Å². The molecule has 4 rings (SSSR count). The molecule has 0 spiro atoms. The Morgan fingerprint density at radius 2 is 1.69 bits per heavy atom. The molecule has 1 aliphatic rings. The van der Waals surface area contributed by atoms with Crippen molar-refractivity contribution in [3.05, 3.63) is 78.1 Å². The van der Waals surface area contributed by atoms with E-state index in [1.165, 1.54) is 0 Å². The molecule has 0 atom stereocenters. The van der Waals surface area contributed by atoms with E-state index in [-0.39, 0.29) is 18.4 Å². The largest absolute Gasteiger partial charge is 0.461 e. The number of esters is 1. The number of aromatic nitrogens is 2. The molecule has 0 fully saturated rings. The molecule has 1 aliphatic heterocycles. The molecule has 0 aliphatic carbocycles. The summed E-state index contributed by atoms with van der Waals surface area (Å²) in [5, 5.41) is 4.55. The lowest BCUT2D eigenvalue weighted by Gasteiger charge is -2.29. The molecule has 8 heteroatoms. The van der Waals surface area contributed by atoms with E-state index in [2.05, 4.69) is 5.10 Å². The minimum atomic E-state index is -0.551. The maximum Gasteiger partial charge on any atom is 0.410 e. The molecular formula is C28H31N3O5. The second kappa shape index (κ2) is 10.7.